The Morgan fingerprint density at radius 2 is 2.07 bits per heavy atom. The molecule has 0 aliphatic carbocycles. The fourth-order valence-electron chi connectivity index (χ4n) is 1.34. The Morgan fingerprint density at radius 1 is 1.50 bits per heavy atom. The Labute approximate surface area is 85.9 Å². The van der Waals surface area contributed by atoms with E-state index >= 15 is 0 Å². The quantitative estimate of drug-likeness (QED) is 0.578. The molecule has 1 amide bonds. The van der Waals surface area contributed by atoms with Crippen molar-refractivity contribution < 1.29 is 9.90 Å². The van der Waals surface area contributed by atoms with Crippen LogP contribution >= 0.6 is 0 Å². The number of nitrogens with two attached hydrogens (primary N) is 1. The van der Waals surface area contributed by atoms with Gasteiger partial charge in [-0.3, -0.25) is 4.79 Å². The smallest absolute Gasteiger partial charge is 0.218 e. The minimum atomic E-state index is -0.297. The van der Waals surface area contributed by atoms with E-state index in [1.165, 1.54) is 0 Å². The molecule has 1 unspecified atom stereocenters. The number of hydrogen-bond acceptors (Lipinski definition) is 3. The molecule has 4 heteroatoms. The van der Waals surface area contributed by atoms with Crippen molar-refractivity contribution in [3.8, 4) is 0 Å². The third-order valence-corrected chi connectivity index (χ3v) is 2.23. The normalized spacial score (nSPS) is 14.0. The molecule has 0 radical (unpaired) electrons. The topological polar surface area (TPSA) is 75.3 Å². The number of primary amides is 1. The highest BCUT2D eigenvalue weighted by atomic mass is 16.3. The van der Waals surface area contributed by atoms with E-state index in [0.717, 1.165) is 0 Å². The monoisotopic (exact) mass is 202 g/mol. The second-order valence-electron chi connectivity index (χ2n) is 4.60. The Kier molecular flexibility index (Phi) is 5.72. The fourth-order valence-corrected chi connectivity index (χ4v) is 1.34. The first kappa shape index (κ1) is 13.4. The largest absolute Gasteiger partial charge is 0.396 e. The molecule has 0 aliphatic heterocycles. The van der Waals surface area contributed by atoms with Crippen LogP contribution in [0.2, 0.25) is 0 Å². The predicted molar refractivity (Wildman–Crippen MR) is 56.8 cm³/mol. The molecule has 0 rings (SSSR count). The summed E-state index contributed by atoms with van der Waals surface area (Å²) in [7, 11) is 0. The minimum absolute atomic E-state index is 0.0837. The van der Waals surface area contributed by atoms with Gasteiger partial charge in [0.1, 0.15) is 0 Å². The molecule has 1 atom stereocenters. The molecular formula is C10H22N2O2. The lowest BCUT2D eigenvalue weighted by Gasteiger charge is -2.31. The molecule has 0 saturated heterocycles. The Hall–Kier alpha value is -0.610. The molecule has 0 fully saturated rings. The lowest BCUT2D eigenvalue weighted by molar-refractivity contribution is -0.117. The Morgan fingerprint density at radius 3 is 2.43 bits per heavy atom. The van der Waals surface area contributed by atoms with Gasteiger partial charge in [0.15, 0.2) is 0 Å². The van der Waals surface area contributed by atoms with E-state index in [0.29, 0.717) is 19.4 Å². The molecule has 0 aliphatic rings. The summed E-state index contributed by atoms with van der Waals surface area (Å²) in [6.07, 6.45) is 1.04. The van der Waals surface area contributed by atoms with Crippen molar-refractivity contribution in [2.24, 2.45) is 11.1 Å². The maximum absolute atomic E-state index is 10.5. The van der Waals surface area contributed by atoms with Crippen LogP contribution in [-0.4, -0.2) is 30.2 Å². The van der Waals surface area contributed by atoms with Crippen LogP contribution in [0.4, 0.5) is 0 Å². The number of carbonyl (C=O) groups is 1. The molecule has 14 heavy (non-hydrogen) atoms. The predicted octanol–water partition coefficient (Wildman–Crippen LogP) is 0.248. The van der Waals surface area contributed by atoms with Crippen LogP contribution < -0.4 is 11.1 Å². The highest BCUT2D eigenvalue weighted by Gasteiger charge is 2.23. The van der Waals surface area contributed by atoms with Gasteiger partial charge in [-0.05, 0) is 11.8 Å². The van der Waals surface area contributed by atoms with Gasteiger partial charge in [-0.25, -0.2) is 0 Å². The lowest BCUT2D eigenvalue weighted by atomic mass is 9.85. The van der Waals surface area contributed by atoms with Crippen molar-refractivity contribution in [1.29, 1.82) is 0 Å². The van der Waals surface area contributed by atoms with Gasteiger partial charge < -0.3 is 16.2 Å². The van der Waals surface area contributed by atoms with Crippen molar-refractivity contribution >= 4 is 5.91 Å². The van der Waals surface area contributed by atoms with Crippen molar-refractivity contribution in [3.63, 3.8) is 0 Å². The average Bonchev–Trinajstić information content (AvgIpc) is 2.00. The summed E-state index contributed by atoms with van der Waals surface area (Å²) in [4.78, 5) is 10.5. The number of aliphatic hydroxyl groups excluding tert-OH is 1. The van der Waals surface area contributed by atoms with Gasteiger partial charge in [0, 0.05) is 25.6 Å². The number of aliphatic hydroxyl groups is 1. The van der Waals surface area contributed by atoms with Gasteiger partial charge in [-0.2, -0.15) is 0 Å². The van der Waals surface area contributed by atoms with Crippen molar-refractivity contribution in [1.82, 2.24) is 5.32 Å². The highest BCUT2D eigenvalue weighted by Crippen LogP contribution is 2.21. The van der Waals surface area contributed by atoms with Gasteiger partial charge in [-0.15, -0.1) is 0 Å². The number of rotatable bonds is 6. The molecule has 0 aromatic heterocycles. The van der Waals surface area contributed by atoms with Crippen LogP contribution in [-0.2, 0) is 4.79 Å². The van der Waals surface area contributed by atoms with Crippen LogP contribution in [0.1, 0.15) is 33.6 Å². The zero-order valence-corrected chi connectivity index (χ0v) is 9.34. The third kappa shape index (κ3) is 5.94. The van der Waals surface area contributed by atoms with E-state index in [4.69, 9.17) is 10.8 Å². The summed E-state index contributed by atoms with van der Waals surface area (Å²) < 4.78 is 0. The SMILES string of the molecule is CC(C)(C)C(CCO)NCCC(N)=O. The molecular weight excluding hydrogens is 180 g/mol. The zero-order valence-electron chi connectivity index (χ0n) is 9.34. The summed E-state index contributed by atoms with van der Waals surface area (Å²) in [5.74, 6) is -0.297. The average molecular weight is 202 g/mol. The maximum Gasteiger partial charge on any atom is 0.218 e. The molecule has 0 bridgehead atoms. The number of amides is 1. The van der Waals surface area contributed by atoms with E-state index in [-0.39, 0.29) is 24.0 Å². The summed E-state index contributed by atoms with van der Waals surface area (Å²) in [6.45, 7) is 7.04. The van der Waals surface area contributed by atoms with Crippen molar-refractivity contribution in [2.75, 3.05) is 13.2 Å². The van der Waals surface area contributed by atoms with Crippen LogP contribution in [0.3, 0.4) is 0 Å². The minimum Gasteiger partial charge on any atom is -0.396 e. The fraction of sp³-hybridized carbons (Fsp3) is 0.900. The zero-order chi connectivity index (χ0) is 11.2. The standard InChI is InChI=1S/C10H22N2O2/c1-10(2,3)8(5-7-13)12-6-4-9(11)14/h8,12-13H,4-7H2,1-3H3,(H2,11,14). The Balaban J connectivity index is 3.92. The summed E-state index contributed by atoms with van der Waals surface area (Å²) >= 11 is 0. The van der Waals surface area contributed by atoms with Crippen LogP contribution in [0.5, 0.6) is 0 Å². The summed E-state index contributed by atoms with van der Waals surface area (Å²) in [6, 6.07) is 0.215. The van der Waals surface area contributed by atoms with E-state index < -0.39 is 0 Å². The van der Waals surface area contributed by atoms with Gasteiger partial charge in [0.05, 0.1) is 0 Å². The molecule has 4 nitrogen and oxygen atoms in total. The molecule has 0 saturated carbocycles. The molecule has 84 valence electrons. The van der Waals surface area contributed by atoms with Gasteiger partial charge in [0.2, 0.25) is 5.91 Å². The second-order valence-corrected chi connectivity index (χ2v) is 4.60. The number of nitrogens with one attached hydrogen (secondary N) is 1. The van der Waals surface area contributed by atoms with E-state index in [2.05, 4.69) is 26.1 Å². The van der Waals surface area contributed by atoms with Gasteiger partial charge in [-0.1, -0.05) is 20.8 Å². The van der Waals surface area contributed by atoms with Crippen LogP contribution in [0.25, 0.3) is 0 Å². The van der Waals surface area contributed by atoms with Crippen LogP contribution in [0, 0.1) is 5.41 Å². The second kappa shape index (κ2) is 5.98. The first-order valence-electron chi connectivity index (χ1n) is 5.00. The van der Waals surface area contributed by atoms with Gasteiger partial charge in [0.25, 0.3) is 0 Å². The van der Waals surface area contributed by atoms with Crippen LogP contribution in [0.15, 0.2) is 0 Å². The van der Waals surface area contributed by atoms with E-state index in [9.17, 15) is 4.79 Å². The Bertz CT molecular complexity index is 175. The summed E-state index contributed by atoms with van der Waals surface area (Å²) in [5, 5.41) is 12.1. The summed E-state index contributed by atoms with van der Waals surface area (Å²) in [5.41, 5.74) is 5.12. The van der Waals surface area contributed by atoms with Crippen molar-refractivity contribution in [3.05, 3.63) is 0 Å². The molecule has 4 N–H and O–H groups in total. The molecule has 0 spiro atoms. The first-order valence-corrected chi connectivity index (χ1v) is 5.00. The van der Waals surface area contributed by atoms with E-state index in [1.807, 2.05) is 0 Å². The number of carbonyl (C=O) groups excluding carboxylic acids is 1. The van der Waals surface area contributed by atoms with Gasteiger partial charge >= 0.3 is 0 Å². The third-order valence-electron chi connectivity index (χ3n) is 2.23. The molecule has 0 aromatic rings. The number of hydrogen-bond donors (Lipinski definition) is 3. The van der Waals surface area contributed by atoms with Crippen molar-refractivity contribution in [2.45, 2.75) is 39.7 Å². The lowest BCUT2D eigenvalue weighted by Crippen LogP contribution is -2.42. The molecule has 0 aromatic carbocycles. The first-order chi connectivity index (χ1) is 6.38. The van der Waals surface area contributed by atoms with E-state index in [1.54, 1.807) is 0 Å². The maximum atomic E-state index is 10.5. The molecule has 0 heterocycles. The highest BCUT2D eigenvalue weighted by molar-refractivity contribution is 5.73.